The fourth-order valence-corrected chi connectivity index (χ4v) is 3.30. The van der Waals surface area contributed by atoms with Gasteiger partial charge in [-0.3, -0.25) is 9.69 Å². The van der Waals surface area contributed by atoms with Crippen LogP contribution in [0, 0.1) is 12.8 Å². The number of carbonyl (C=O) groups excluding carboxylic acids is 1. The average molecular weight is 318 g/mol. The molecule has 1 aromatic rings. The fourth-order valence-electron chi connectivity index (χ4n) is 3.30. The molecule has 0 spiro atoms. The van der Waals surface area contributed by atoms with E-state index in [4.69, 9.17) is 9.15 Å². The maximum Gasteiger partial charge on any atom is 0.223 e. The van der Waals surface area contributed by atoms with Gasteiger partial charge < -0.3 is 14.5 Å². The van der Waals surface area contributed by atoms with Crippen molar-refractivity contribution in [1.82, 2.24) is 10.2 Å². The molecule has 0 saturated carbocycles. The van der Waals surface area contributed by atoms with Crippen molar-refractivity contribution in [2.45, 2.75) is 32.2 Å². The summed E-state index contributed by atoms with van der Waals surface area (Å²) >= 11 is 0. The second kappa shape index (κ2) is 7.79. The van der Waals surface area contributed by atoms with Gasteiger partial charge in [0.05, 0.1) is 19.3 Å². The number of hydrogen-bond acceptors (Lipinski definition) is 4. The molecular weight excluding hydrogens is 292 g/mol. The first-order valence-corrected chi connectivity index (χ1v) is 8.55. The minimum absolute atomic E-state index is 0.0793. The van der Waals surface area contributed by atoms with Crippen molar-refractivity contribution >= 4 is 5.91 Å². The SMILES string of the molecule is Cc1ccc(C(CNC(=O)C2CC=CCC2)N2CCOCC2)o1. The lowest BCUT2D eigenvalue weighted by Gasteiger charge is -2.33. The summed E-state index contributed by atoms with van der Waals surface area (Å²) in [4.78, 5) is 14.7. The largest absolute Gasteiger partial charge is 0.465 e. The molecule has 0 radical (unpaired) electrons. The second-order valence-corrected chi connectivity index (χ2v) is 6.34. The normalized spacial score (nSPS) is 23.6. The van der Waals surface area contributed by atoms with Crippen molar-refractivity contribution in [3.05, 3.63) is 35.8 Å². The number of allylic oxidation sites excluding steroid dienone is 2. The Morgan fingerprint density at radius 2 is 2.17 bits per heavy atom. The van der Waals surface area contributed by atoms with Crippen molar-refractivity contribution < 1.29 is 13.9 Å². The summed E-state index contributed by atoms with van der Waals surface area (Å²) in [5, 5.41) is 3.14. The highest BCUT2D eigenvalue weighted by molar-refractivity contribution is 5.79. The summed E-state index contributed by atoms with van der Waals surface area (Å²) < 4.78 is 11.3. The van der Waals surface area contributed by atoms with Crippen LogP contribution in [-0.2, 0) is 9.53 Å². The quantitative estimate of drug-likeness (QED) is 0.847. The van der Waals surface area contributed by atoms with Gasteiger partial charge in [-0.1, -0.05) is 12.2 Å². The van der Waals surface area contributed by atoms with E-state index in [1.54, 1.807) is 0 Å². The zero-order valence-corrected chi connectivity index (χ0v) is 13.8. The van der Waals surface area contributed by atoms with E-state index in [-0.39, 0.29) is 17.9 Å². The van der Waals surface area contributed by atoms with E-state index < -0.39 is 0 Å². The van der Waals surface area contributed by atoms with E-state index in [0.29, 0.717) is 6.54 Å². The molecule has 3 rings (SSSR count). The Balaban J connectivity index is 1.63. The predicted octanol–water partition coefficient (Wildman–Crippen LogP) is 2.43. The van der Waals surface area contributed by atoms with Crippen LogP contribution in [0.25, 0.3) is 0 Å². The smallest absolute Gasteiger partial charge is 0.223 e. The lowest BCUT2D eigenvalue weighted by molar-refractivity contribution is -0.125. The molecule has 1 amide bonds. The Bertz CT molecular complexity index is 546. The Morgan fingerprint density at radius 1 is 1.35 bits per heavy atom. The number of nitrogens with zero attached hydrogens (tertiary/aromatic N) is 1. The van der Waals surface area contributed by atoms with Gasteiger partial charge in [0.2, 0.25) is 5.91 Å². The van der Waals surface area contributed by atoms with Gasteiger partial charge in [-0.25, -0.2) is 0 Å². The number of carbonyl (C=O) groups is 1. The van der Waals surface area contributed by atoms with Gasteiger partial charge in [-0.2, -0.15) is 0 Å². The topological polar surface area (TPSA) is 54.7 Å². The van der Waals surface area contributed by atoms with E-state index in [1.165, 1.54) is 0 Å². The minimum atomic E-state index is 0.0793. The van der Waals surface area contributed by atoms with E-state index in [9.17, 15) is 4.79 Å². The van der Waals surface area contributed by atoms with Gasteiger partial charge in [0.15, 0.2) is 0 Å². The van der Waals surface area contributed by atoms with Crippen LogP contribution in [0.1, 0.15) is 36.8 Å². The molecule has 0 bridgehead atoms. The van der Waals surface area contributed by atoms with E-state index in [2.05, 4.69) is 22.4 Å². The van der Waals surface area contributed by atoms with Crippen LogP contribution < -0.4 is 5.32 Å². The van der Waals surface area contributed by atoms with Gasteiger partial charge >= 0.3 is 0 Å². The van der Waals surface area contributed by atoms with Gasteiger partial charge in [0, 0.05) is 25.6 Å². The molecule has 1 saturated heterocycles. The molecule has 1 aliphatic heterocycles. The van der Waals surface area contributed by atoms with Crippen LogP contribution in [-0.4, -0.2) is 43.7 Å². The first-order valence-electron chi connectivity index (χ1n) is 8.55. The first kappa shape index (κ1) is 16.3. The Kier molecular flexibility index (Phi) is 5.51. The molecule has 2 unspecified atom stereocenters. The molecule has 5 nitrogen and oxygen atoms in total. The number of nitrogens with one attached hydrogen (secondary N) is 1. The lowest BCUT2D eigenvalue weighted by atomic mass is 9.93. The van der Waals surface area contributed by atoms with Crippen LogP contribution in [0.5, 0.6) is 0 Å². The van der Waals surface area contributed by atoms with Gasteiger partial charge in [0.25, 0.3) is 0 Å². The lowest BCUT2D eigenvalue weighted by Crippen LogP contribution is -2.44. The molecule has 1 aliphatic carbocycles. The number of amides is 1. The number of hydrogen-bond donors (Lipinski definition) is 1. The van der Waals surface area contributed by atoms with Crippen LogP contribution in [0.4, 0.5) is 0 Å². The standard InChI is InChI=1S/C18H26N2O3/c1-14-7-8-17(23-14)16(20-9-11-22-12-10-20)13-19-18(21)15-5-3-2-4-6-15/h2-3,7-8,15-16H,4-6,9-13H2,1H3,(H,19,21). The van der Waals surface area contributed by atoms with E-state index in [0.717, 1.165) is 57.1 Å². The molecule has 1 N–H and O–H groups in total. The van der Waals surface area contributed by atoms with Crippen molar-refractivity contribution in [1.29, 1.82) is 0 Å². The number of morpholine rings is 1. The first-order chi connectivity index (χ1) is 11.2. The van der Waals surface area contributed by atoms with Crippen molar-refractivity contribution in [3.63, 3.8) is 0 Å². The third-order valence-electron chi connectivity index (χ3n) is 4.69. The van der Waals surface area contributed by atoms with Crippen molar-refractivity contribution in [2.24, 2.45) is 5.92 Å². The molecule has 1 aromatic heterocycles. The third-order valence-corrected chi connectivity index (χ3v) is 4.69. The molecule has 2 atom stereocenters. The van der Waals surface area contributed by atoms with Crippen molar-refractivity contribution in [3.8, 4) is 0 Å². The average Bonchev–Trinajstić information content (AvgIpc) is 3.03. The van der Waals surface area contributed by atoms with Gasteiger partial charge in [-0.15, -0.1) is 0 Å². The van der Waals surface area contributed by atoms with Crippen molar-refractivity contribution in [2.75, 3.05) is 32.8 Å². The second-order valence-electron chi connectivity index (χ2n) is 6.34. The van der Waals surface area contributed by atoms with Crippen LogP contribution in [0.15, 0.2) is 28.7 Å². The maximum absolute atomic E-state index is 12.4. The van der Waals surface area contributed by atoms with Crippen LogP contribution >= 0.6 is 0 Å². The molecule has 126 valence electrons. The molecule has 2 heterocycles. The Morgan fingerprint density at radius 3 is 2.83 bits per heavy atom. The Hall–Kier alpha value is -1.59. The molecular formula is C18H26N2O3. The summed E-state index contributed by atoms with van der Waals surface area (Å²) in [7, 11) is 0. The van der Waals surface area contributed by atoms with Gasteiger partial charge in [0.1, 0.15) is 11.5 Å². The molecule has 5 heteroatoms. The summed E-state index contributed by atoms with van der Waals surface area (Å²) in [5.41, 5.74) is 0. The number of aryl methyl sites for hydroxylation is 1. The number of furan rings is 1. The van der Waals surface area contributed by atoms with E-state index >= 15 is 0 Å². The molecule has 2 aliphatic rings. The minimum Gasteiger partial charge on any atom is -0.465 e. The maximum atomic E-state index is 12.4. The van der Waals surface area contributed by atoms with E-state index in [1.807, 2.05) is 19.1 Å². The zero-order chi connectivity index (χ0) is 16.1. The third kappa shape index (κ3) is 4.24. The number of rotatable bonds is 5. The molecule has 1 fully saturated rings. The molecule has 23 heavy (non-hydrogen) atoms. The predicted molar refractivity (Wildman–Crippen MR) is 88.1 cm³/mol. The van der Waals surface area contributed by atoms with Gasteiger partial charge in [-0.05, 0) is 38.3 Å². The fraction of sp³-hybridized carbons (Fsp3) is 0.611. The Labute approximate surface area is 137 Å². The van der Waals surface area contributed by atoms with Crippen LogP contribution in [0.3, 0.4) is 0 Å². The highest BCUT2D eigenvalue weighted by Crippen LogP contribution is 2.24. The monoisotopic (exact) mass is 318 g/mol. The van der Waals surface area contributed by atoms with Crippen LogP contribution in [0.2, 0.25) is 0 Å². The molecule has 0 aromatic carbocycles. The summed E-state index contributed by atoms with van der Waals surface area (Å²) in [5.74, 6) is 2.11. The summed E-state index contributed by atoms with van der Waals surface area (Å²) in [6.45, 7) is 5.74. The number of ether oxygens (including phenoxy) is 1. The summed E-state index contributed by atoms with van der Waals surface area (Å²) in [6.07, 6.45) is 7.08. The highest BCUT2D eigenvalue weighted by Gasteiger charge is 2.27. The highest BCUT2D eigenvalue weighted by atomic mass is 16.5. The summed E-state index contributed by atoms with van der Waals surface area (Å²) in [6, 6.07) is 4.08. The zero-order valence-electron chi connectivity index (χ0n) is 13.8.